The molecule has 5 heteroatoms. The molecule has 0 radical (unpaired) electrons. The number of benzene rings is 9. The molecule has 0 aliphatic rings. The third-order valence-corrected chi connectivity index (χ3v) is 12.0. The summed E-state index contributed by atoms with van der Waals surface area (Å²) in [7, 11) is 0. The molecule has 3 aromatic heterocycles. The van der Waals surface area contributed by atoms with Gasteiger partial charge in [0.15, 0.2) is 11.6 Å². The molecule has 0 amide bonds. The first-order valence-electron chi connectivity index (χ1n) is 20.9. The molecule has 0 fully saturated rings. The summed E-state index contributed by atoms with van der Waals surface area (Å²) < 4.78 is 4.66. The SMILES string of the molecule is c1ccc(-c2ccc(-c3cc(-c4ccccc4)ccc3-n3c4ccccc4c4cc5c6ccccc6n(-c6nc(-c7ccccc7)nc(-c7ccccc7)n6)c5cc43)cc2)cc1. The van der Waals surface area contributed by atoms with Crippen LogP contribution in [0.25, 0.3) is 111 Å². The molecule has 5 nitrogen and oxygen atoms in total. The normalized spacial score (nSPS) is 11.5. The van der Waals surface area contributed by atoms with Crippen molar-refractivity contribution in [3.63, 3.8) is 0 Å². The molecule has 0 aliphatic carbocycles. The van der Waals surface area contributed by atoms with E-state index in [-0.39, 0.29) is 0 Å². The van der Waals surface area contributed by atoms with E-state index in [1.54, 1.807) is 0 Å². The lowest BCUT2D eigenvalue weighted by molar-refractivity contribution is 0.953. The predicted octanol–water partition coefficient (Wildman–Crippen LogP) is 14.4. The van der Waals surface area contributed by atoms with Gasteiger partial charge in [-0.2, -0.15) is 9.97 Å². The smallest absolute Gasteiger partial charge is 0.238 e. The highest BCUT2D eigenvalue weighted by Gasteiger charge is 2.22. The summed E-state index contributed by atoms with van der Waals surface area (Å²) in [6.45, 7) is 0. The molecular weight excluding hydrogens is 755 g/mol. The highest BCUT2D eigenvalue weighted by molar-refractivity contribution is 6.19. The fourth-order valence-electron chi connectivity index (χ4n) is 9.05. The van der Waals surface area contributed by atoms with Gasteiger partial charge in [-0.3, -0.25) is 4.57 Å². The van der Waals surface area contributed by atoms with Crippen molar-refractivity contribution in [3.05, 3.63) is 224 Å². The molecule has 0 aliphatic heterocycles. The van der Waals surface area contributed by atoms with E-state index in [0.717, 1.165) is 66.3 Å². The largest absolute Gasteiger partial charge is 0.309 e. The Morgan fingerprint density at radius 1 is 0.258 bits per heavy atom. The first-order chi connectivity index (χ1) is 30.7. The zero-order valence-corrected chi connectivity index (χ0v) is 33.6. The molecule has 12 rings (SSSR count). The lowest BCUT2D eigenvalue weighted by atomic mass is 9.95. The second kappa shape index (κ2) is 14.7. The molecule has 0 saturated heterocycles. The molecule has 62 heavy (non-hydrogen) atoms. The van der Waals surface area contributed by atoms with Crippen molar-refractivity contribution in [2.24, 2.45) is 0 Å². The Labute approximate surface area is 358 Å². The molecule has 0 N–H and O–H groups in total. The first kappa shape index (κ1) is 35.5. The van der Waals surface area contributed by atoms with Crippen molar-refractivity contribution in [2.75, 3.05) is 0 Å². The second-order valence-corrected chi connectivity index (χ2v) is 15.6. The highest BCUT2D eigenvalue weighted by atomic mass is 15.2. The van der Waals surface area contributed by atoms with Crippen molar-refractivity contribution in [3.8, 4) is 67.8 Å². The molecule has 3 heterocycles. The summed E-state index contributed by atoms with van der Waals surface area (Å²) in [5.74, 6) is 1.81. The van der Waals surface area contributed by atoms with Crippen molar-refractivity contribution in [2.45, 2.75) is 0 Å². The van der Waals surface area contributed by atoms with Crippen LogP contribution in [-0.2, 0) is 0 Å². The van der Waals surface area contributed by atoms with Crippen LogP contribution in [0.15, 0.2) is 224 Å². The predicted molar refractivity (Wildman–Crippen MR) is 256 cm³/mol. The average Bonchev–Trinajstić information content (AvgIpc) is 3.86. The minimum Gasteiger partial charge on any atom is -0.309 e. The van der Waals surface area contributed by atoms with Gasteiger partial charge in [0, 0.05) is 38.2 Å². The summed E-state index contributed by atoms with van der Waals surface area (Å²) in [4.78, 5) is 15.5. The third-order valence-electron chi connectivity index (χ3n) is 12.0. The van der Waals surface area contributed by atoms with Gasteiger partial charge in [0.05, 0.1) is 27.8 Å². The van der Waals surface area contributed by atoms with Gasteiger partial charge in [0.2, 0.25) is 5.95 Å². The zero-order chi connectivity index (χ0) is 41.0. The second-order valence-electron chi connectivity index (χ2n) is 15.6. The number of para-hydroxylation sites is 2. The van der Waals surface area contributed by atoms with Crippen LogP contribution in [0.2, 0.25) is 0 Å². The van der Waals surface area contributed by atoms with Crippen LogP contribution in [0.5, 0.6) is 0 Å². The van der Waals surface area contributed by atoms with Gasteiger partial charge in [-0.25, -0.2) is 4.98 Å². The molecule has 0 atom stereocenters. The van der Waals surface area contributed by atoms with E-state index in [4.69, 9.17) is 15.0 Å². The Hall–Kier alpha value is -8.41. The zero-order valence-electron chi connectivity index (χ0n) is 33.6. The number of aromatic nitrogens is 5. The van der Waals surface area contributed by atoms with Crippen molar-refractivity contribution in [1.82, 2.24) is 24.1 Å². The van der Waals surface area contributed by atoms with Crippen LogP contribution < -0.4 is 0 Å². The topological polar surface area (TPSA) is 48.5 Å². The number of nitrogens with zero attached hydrogens (tertiary/aromatic N) is 5. The quantitative estimate of drug-likeness (QED) is 0.162. The van der Waals surface area contributed by atoms with Gasteiger partial charge in [-0.15, -0.1) is 0 Å². The number of rotatable bonds is 7. The van der Waals surface area contributed by atoms with Crippen molar-refractivity contribution in [1.29, 1.82) is 0 Å². The Bertz CT molecular complexity index is 3540. The minimum absolute atomic E-state index is 0.567. The number of hydrogen-bond acceptors (Lipinski definition) is 3. The van der Waals surface area contributed by atoms with E-state index in [1.807, 2.05) is 36.4 Å². The van der Waals surface area contributed by atoms with Crippen molar-refractivity contribution >= 4 is 43.6 Å². The van der Waals surface area contributed by atoms with Crippen LogP contribution in [-0.4, -0.2) is 24.1 Å². The highest BCUT2D eigenvalue weighted by Crippen LogP contribution is 2.42. The average molecular weight is 792 g/mol. The Morgan fingerprint density at radius 2 is 0.677 bits per heavy atom. The molecule has 0 bridgehead atoms. The van der Waals surface area contributed by atoms with E-state index >= 15 is 0 Å². The van der Waals surface area contributed by atoms with Crippen LogP contribution in [0.3, 0.4) is 0 Å². The molecule has 0 unspecified atom stereocenters. The molecule has 9 aromatic carbocycles. The minimum atomic E-state index is 0.567. The van der Waals surface area contributed by atoms with Gasteiger partial charge in [-0.05, 0) is 64.2 Å². The fourth-order valence-corrected chi connectivity index (χ4v) is 9.05. The standard InChI is InChI=1S/C57H37N5/c1-5-17-38(18-6-1)40-29-31-41(32-30-40)47-35-44(39-19-7-2-8-20-39)33-34-52(47)61-50-27-15-13-25-45(50)48-36-49-46-26-14-16-28-51(46)62(54(49)37-53(48)61)57-59-55(42-21-9-3-10-22-42)58-56(60-57)43-23-11-4-12-24-43/h1-37H. The molecular formula is C57H37N5. The number of hydrogen-bond donors (Lipinski definition) is 0. The summed E-state index contributed by atoms with van der Waals surface area (Å²) in [6.07, 6.45) is 0. The van der Waals surface area contributed by atoms with Crippen LogP contribution >= 0.6 is 0 Å². The maximum absolute atomic E-state index is 5.23. The summed E-state index contributed by atoms with van der Waals surface area (Å²) >= 11 is 0. The Kier molecular flexibility index (Phi) is 8.42. The maximum Gasteiger partial charge on any atom is 0.238 e. The van der Waals surface area contributed by atoms with Crippen LogP contribution in [0, 0.1) is 0 Å². The van der Waals surface area contributed by atoms with E-state index in [2.05, 4.69) is 197 Å². The first-order valence-corrected chi connectivity index (χ1v) is 20.9. The maximum atomic E-state index is 5.23. The van der Waals surface area contributed by atoms with Gasteiger partial charge >= 0.3 is 0 Å². The van der Waals surface area contributed by atoms with E-state index < -0.39 is 0 Å². The molecule has 0 saturated carbocycles. The van der Waals surface area contributed by atoms with Gasteiger partial charge in [0.25, 0.3) is 0 Å². The van der Waals surface area contributed by atoms with E-state index in [9.17, 15) is 0 Å². The van der Waals surface area contributed by atoms with Crippen molar-refractivity contribution < 1.29 is 0 Å². The molecule has 290 valence electrons. The molecule has 12 aromatic rings. The van der Waals surface area contributed by atoms with Gasteiger partial charge in [0.1, 0.15) is 0 Å². The van der Waals surface area contributed by atoms with Crippen LogP contribution in [0.4, 0.5) is 0 Å². The summed E-state index contributed by atoms with van der Waals surface area (Å²) in [5, 5.41) is 4.64. The van der Waals surface area contributed by atoms with E-state index in [1.165, 1.54) is 27.5 Å². The van der Waals surface area contributed by atoms with Gasteiger partial charge < -0.3 is 4.57 Å². The summed E-state index contributed by atoms with van der Waals surface area (Å²) in [6, 6.07) is 79.5. The lowest BCUT2D eigenvalue weighted by Crippen LogP contribution is -2.06. The fraction of sp³-hybridized carbons (Fsp3) is 0. The van der Waals surface area contributed by atoms with Crippen LogP contribution in [0.1, 0.15) is 0 Å². The third kappa shape index (κ3) is 5.98. The summed E-state index contributed by atoms with van der Waals surface area (Å²) in [5.41, 5.74) is 14.3. The van der Waals surface area contributed by atoms with E-state index in [0.29, 0.717) is 17.6 Å². The monoisotopic (exact) mass is 791 g/mol. The Balaban J connectivity index is 1.14. The Morgan fingerprint density at radius 3 is 1.24 bits per heavy atom. The van der Waals surface area contributed by atoms with Gasteiger partial charge in [-0.1, -0.05) is 188 Å². The number of fused-ring (bicyclic) bond motifs is 6. The lowest BCUT2D eigenvalue weighted by Gasteiger charge is -2.17. The molecule has 0 spiro atoms.